The van der Waals surface area contributed by atoms with Crippen molar-refractivity contribution in [3.8, 4) is 0 Å². The van der Waals surface area contributed by atoms with Gasteiger partial charge < -0.3 is 10.6 Å². The zero-order valence-electron chi connectivity index (χ0n) is 12.0. The number of sulfone groups is 1. The fraction of sp³-hybridized carbons (Fsp3) is 0.571. The maximum atomic E-state index is 11.9. The maximum Gasteiger partial charge on any atom is 0.178 e. The van der Waals surface area contributed by atoms with Gasteiger partial charge in [0.15, 0.2) is 9.84 Å². The molecule has 0 amide bonds. The van der Waals surface area contributed by atoms with E-state index in [9.17, 15) is 8.42 Å². The van der Waals surface area contributed by atoms with Gasteiger partial charge in [0.05, 0.1) is 10.6 Å². The van der Waals surface area contributed by atoms with Crippen molar-refractivity contribution in [2.45, 2.75) is 37.6 Å². The summed E-state index contributed by atoms with van der Waals surface area (Å²) in [5.41, 5.74) is 6.74. The molecule has 0 radical (unpaired) electrons. The van der Waals surface area contributed by atoms with Gasteiger partial charge in [0.2, 0.25) is 0 Å². The Hall–Kier alpha value is -1.07. The van der Waals surface area contributed by atoms with E-state index >= 15 is 0 Å². The SMILES string of the molecule is CCCS(=O)(=O)c1ccc(N(C)CCC(C)N)cc1. The van der Waals surface area contributed by atoms with Crippen molar-refractivity contribution >= 4 is 15.5 Å². The highest BCUT2D eigenvalue weighted by Gasteiger charge is 2.13. The van der Waals surface area contributed by atoms with E-state index in [4.69, 9.17) is 5.73 Å². The molecule has 0 bridgehead atoms. The third-order valence-corrected chi connectivity index (χ3v) is 4.97. The minimum absolute atomic E-state index is 0.173. The largest absolute Gasteiger partial charge is 0.375 e. The molecule has 1 rings (SSSR count). The van der Waals surface area contributed by atoms with Crippen molar-refractivity contribution in [3.63, 3.8) is 0 Å². The van der Waals surface area contributed by atoms with E-state index in [0.29, 0.717) is 11.3 Å². The minimum atomic E-state index is -3.12. The van der Waals surface area contributed by atoms with Gasteiger partial charge >= 0.3 is 0 Å². The van der Waals surface area contributed by atoms with Crippen molar-refractivity contribution in [2.24, 2.45) is 5.73 Å². The molecule has 1 aromatic carbocycles. The molecule has 0 spiro atoms. The van der Waals surface area contributed by atoms with E-state index in [1.54, 1.807) is 12.1 Å². The Morgan fingerprint density at radius 2 is 1.84 bits per heavy atom. The first-order valence-electron chi connectivity index (χ1n) is 6.66. The van der Waals surface area contributed by atoms with Crippen LogP contribution in [0.3, 0.4) is 0 Å². The second kappa shape index (κ2) is 6.91. The van der Waals surface area contributed by atoms with Crippen LogP contribution in [-0.2, 0) is 9.84 Å². The number of hydrogen-bond donors (Lipinski definition) is 1. The van der Waals surface area contributed by atoms with E-state index in [1.807, 2.05) is 33.0 Å². The van der Waals surface area contributed by atoms with Crippen LogP contribution in [0.15, 0.2) is 29.2 Å². The van der Waals surface area contributed by atoms with Gasteiger partial charge in [-0.2, -0.15) is 0 Å². The molecule has 2 N–H and O–H groups in total. The summed E-state index contributed by atoms with van der Waals surface area (Å²) in [6, 6.07) is 7.24. The number of nitrogens with zero attached hydrogens (tertiary/aromatic N) is 1. The van der Waals surface area contributed by atoms with Crippen molar-refractivity contribution in [2.75, 3.05) is 24.2 Å². The Morgan fingerprint density at radius 3 is 2.32 bits per heavy atom. The van der Waals surface area contributed by atoms with Gasteiger partial charge in [0, 0.05) is 25.3 Å². The summed E-state index contributed by atoms with van der Waals surface area (Å²) >= 11 is 0. The molecular weight excluding hydrogens is 260 g/mol. The second-order valence-corrected chi connectivity index (χ2v) is 7.11. The Kier molecular flexibility index (Phi) is 5.82. The molecule has 19 heavy (non-hydrogen) atoms. The minimum Gasteiger partial charge on any atom is -0.375 e. The number of rotatable bonds is 7. The molecule has 0 fully saturated rings. The molecule has 0 aromatic heterocycles. The van der Waals surface area contributed by atoms with Gasteiger partial charge in [-0.3, -0.25) is 0 Å². The number of anilines is 1. The van der Waals surface area contributed by atoms with E-state index in [0.717, 1.165) is 18.7 Å². The van der Waals surface area contributed by atoms with Crippen LogP contribution in [0.2, 0.25) is 0 Å². The summed E-state index contributed by atoms with van der Waals surface area (Å²) in [5.74, 6) is 0.201. The molecule has 0 saturated carbocycles. The number of hydrogen-bond acceptors (Lipinski definition) is 4. The molecule has 0 aliphatic carbocycles. The topological polar surface area (TPSA) is 63.4 Å². The third-order valence-electron chi connectivity index (χ3n) is 3.03. The summed E-state index contributed by atoms with van der Waals surface area (Å²) in [5, 5.41) is 0. The number of nitrogens with two attached hydrogens (primary N) is 1. The van der Waals surface area contributed by atoms with E-state index in [-0.39, 0.29) is 11.8 Å². The van der Waals surface area contributed by atoms with Crippen LogP contribution in [0.1, 0.15) is 26.7 Å². The van der Waals surface area contributed by atoms with Crippen LogP contribution >= 0.6 is 0 Å². The van der Waals surface area contributed by atoms with Crippen LogP contribution in [0.5, 0.6) is 0 Å². The normalized spacial score (nSPS) is 13.3. The molecule has 5 heteroatoms. The summed E-state index contributed by atoms with van der Waals surface area (Å²) in [6.07, 6.45) is 1.55. The predicted molar refractivity (Wildman–Crippen MR) is 80.3 cm³/mol. The summed E-state index contributed by atoms with van der Waals surface area (Å²) in [6.45, 7) is 4.71. The lowest BCUT2D eigenvalue weighted by atomic mass is 10.2. The predicted octanol–water partition coefficient (Wildman–Crippen LogP) is 2.04. The summed E-state index contributed by atoms with van der Waals surface area (Å²) < 4.78 is 23.8. The third kappa shape index (κ3) is 4.84. The lowest BCUT2D eigenvalue weighted by Crippen LogP contribution is -2.25. The van der Waals surface area contributed by atoms with E-state index in [1.165, 1.54) is 0 Å². The van der Waals surface area contributed by atoms with Gasteiger partial charge in [0.25, 0.3) is 0 Å². The van der Waals surface area contributed by atoms with Crippen molar-refractivity contribution < 1.29 is 8.42 Å². The Balaban J connectivity index is 2.76. The molecule has 0 saturated heterocycles. The van der Waals surface area contributed by atoms with Crippen LogP contribution in [0.25, 0.3) is 0 Å². The Labute approximate surface area is 116 Å². The molecule has 0 aliphatic heterocycles. The van der Waals surface area contributed by atoms with E-state index in [2.05, 4.69) is 4.90 Å². The highest BCUT2D eigenvalue weighted by Crippen LogP contribution is 2.18. The average Bonchev–Trinajstić information content (AvgIpc) is 2.36. The quantitative estimate of drug-likeness (QED) is 0.832. The van der Waals surface area contributed by atoms with Gasteiger partial charge in [-0.25, -0.2) is 8.42 Å². The van der Waals surface area contributed by atoms with Crippen molar-refractivity contribution in [1.82, 2.24) is 0 Å². The second-order valence-electron chi connectivity index (χ2n) is 5.00. The average molecular weight is 284 g/mol. The van der Waals surface area contributed by atoms with Crippen LogP contribution in [-0.4, -0.2) is 33.8 Å². The Bertz CT molecular complexity index is 481. The smallest absolute Gasteiger partial charge is 0.178 e. The molecule has 4 nitrogen and oxygen atoms in total. The summed E-state index contributed by atoms with van der Waals surface area (Å²) in [7, 11) is -1.13. The van der Waals surface area contributed by atoms with Crippen LogP contribution in [0.4, 0.5) is 5.69 Å². The standard InChI is InChI=1S/C14H24N2O2S/c1-4-11-19(17,18)14-7-5-13(6-8-14)16(3)10-9-12(2)15/h5-8,12H,4,9-11,15H2,1-3H3. The van der Waals surface area contributed by atoms with Crippen molar-refractivity contribution in [3.05, 3.63) is 24.3 Å². The van der Waals surface area contributed by atoms with Gasteiger partial charge in [-0.1, -0.05) is 6.92 Å². The zero-order valence-corrected chi connectivity index (χ0v) is 12.8. The zero-order chi connectivity index (χ0) is 14.5. The number of benzene rings is 1. The van der Waals surface area contributed by atoms with Crippen LogP contribution in [0, 0.1) is 0 Å². The molecule has 0 heterocycles. The van der Waals surface area contributed by atoms with Crippen molar-refractivity contribution in [1.29, 1.82) is 0 Å². The fourth-order valence-corrected chi connectivity index (χ4v) is 3.14. The monoisotopic (exact) mass is 284 g/mol. The molecule has 0 aliphatic rings. The molecular formula is C14H24N2O2S. The Morgan fingerprint density at radius 1 is 1.26 bits per heavy atom. The van der Waals surface area contributed by atoms with Gasteiger partial charge in [-0.15, -0.1) is 0 Å². The molecule has 1 aromatic rings. The highest BCUT2D eigenvalue weighted by molar-refractivity contribution is 7.91. The maximum absolute atomic E-state index is 11.9. The fourth-order valence-electron chi connectivity index (χ4n) is 1.82. The highest BCUT2D eigenvalue weighted by atomic mass is 32.2. The molecule has 108 valence electrons. The van der Waals surface area contributed by atoms with Crippen LogP contribution < -0.4 is 10.6 Å². The van der Waals surface area contributed by atoms with Gasteiger partial charge in [0.1, 0.15) is 0 Å². The summed E-state index contributed by atoms with van der Waals surface area (Å²) in [4.78, 5) is 2.48. The van der Waals surface area contributed by atoms with Gasteiger partial charge in [-0.05, 0) is 44.0 Å². The molecule has 1 atom stereocenters. The molecule has 1 unspecified atom stereocenters. The first kappa shape index (κ1) is 16.0. The first-order valence-corrected chi connectivity index (χ1v) is 8.31. The first-order chi connectivity index (χ1) is 8.86. The van der Waals surface area contributed by atoms with E-state index < -0.39 is 9.84 Å². The lowest BCUT2D eigenvalue weighted by molar-refractivity contribution is 0.594. The lowest BCUT2D eigenvalue weighted by Gasteiger charge is -2.20.